The predicted molar refractivity (Wildman–Crippen MR) is 85.7 cm³/mol. The minimum absolute atomic E-state index is 0.0881. The van der Waals surface area contributed by atoms with Crippen LogP contribution in [0.5, 0.6) is 11.5 Å². The number of hydrogen-bond acceptors (Lipinski definition) is 3. The molecule has 0 amide bonds. The van der Waals surface area contributed by atoms with Gasteiger partial charge in [-0.15, -0.1) is 0 Å². The molecule has 0 spiro atoms. The summed E-state index contributed by atoms with van der Waals surface area (Å²) in [6.45, 7) is 1.88. The third-order valence-corrected chi connectivity index (χ3v) is 4.31. The average Bonchev–Trinajstić information content (AvgIpc) is 2.89. The third kappa shape index (κ3) is 3.04. The van der Waals surface area contributed by atoms with Crippen LogP contribution in [0.3, 0.4) is 0 Å². The first kappa shape index (κ1) is 15.1. The lowest BCUT2D eigenvalue weighted by Crippen LogP contribution is -2.03. The quantitative estimate of drug-likeness (QED) is 0.920. The number of hydrogen-bond donors (Lipinski definition) is 1. The summed E-state index contributed by atoms with van der Waals surface area (Å²) in [4.78, 5) is 10.9. The summed E-state index contributed by atoms with van der Waals surface area (Å²) < 4.78 is 5.88. The molecular weight excluding hydrogens is 290 g/mol. The molecule has 116 valence electrons. The maximum atomic E-state index is 10.9. The van der Waals surface area contributed by atoms with Crippen LogP contribution in [0.4, 0.5) is 0 Å². The second-order valence-electron chi connectivity index (χ2n) is 5.86. The molecule has 4 nitrogen and oxygen atoms in total. The van der Waals surface area contributed by atoms with Gasteiger partial charge in [-0.3, -0.25) is 4.79 Å². The van der Waals surface area contributed by atoms with Gasteiger partial charge in [0.25, 0.3) is 0 Å². The van der Waals surface area contributed by atoms with Crippen LogP contribution in [0.25, 0.3) is 0 Å². The Balaban J connectivity index is 1.86. The van der Waals surface area contributed by atoms with Crippen molar-refractivity contribution in [2.24, 2.45) is 0 Å². The van der Waals surface area contributed by atoms with Gasteiger partial charge in [0.1, 0.15) is 17.6 Å². The van der Waals surface area contributed by atoms with Crippen molar-refractivity contribution >= 4 is 5.97 Å². The number of carbonyl (C=O) groups is 1. The van der Waals surface area contributed by atoms with Gasteiger partial charge in [-0.1, -0.05) is 18.2 Å². The van der Waals surface area contributed by atoms with Gasteiger partial charge >= 0.3 is 5.97 Å². The van der Waals surface area contributed by atoms with E-state index in [1.807, 2.05) is 37.3 Å². The summed E-state index contributed by atoms with van der Waals surface area (Å²) in [5.41, 5.74) is 3.66. The maximum Gasteiger partial charge on any atom is 0.303 e. The normalized spacial score (nSPS) is 15.7. The molecule has 0 heterocycles. The van der Waals surface area contributed by atoms with E-state index in [2.05, 4.69) is 6.07 Å². The van der Waals surface area contributed by atoms with Gasteiger partial charge in [-0.2, -0.15) is 5.26 Å². The molecule has 0 fully saturated rings. The summed E-state index contributed by atoms with van der Waals surface area (Å²) in [5, 5.41) is 18.2. The largest absolute Gasteiger partial charge is 0.481 e. The molecule has 2 aromatic carbocycles. The molecule has 3 rings (SSSR count). The highest BCUT2D eigenvalue weighted by Gasteiger charge is 2.25. The summed E-state index contributed by atoms with van der Waals surface area (Å²) in [6.07, 6.45) is 1.89. The van der Waals surface area contributed by atoms with E-state index in [-0.39, 0.29) is 12.3 Å². The summed E-state index contributed by atoms with van der Waals surface area (Å²) in [7, 11) is 0. The number of benzene rings is 2. The van der Waals surface area contributed by atoms with Gasteiger partial charge in [0.05, 0.1) is 12.0 Å². The first-order valence-corrected chi connectivity index (χ1v) is 7.60. The van der Waals surface area contributed by atoms with Crippen molar-refractivity contribution in [2.45, 2.75) is 32.1 Å². The Bertz CT molecular complexity index is 805. The van der Waals surface area contributed by atoms with Crippen molar-refractivity contribution in [3.8, 4) is 17.6 Å². The Kier molecular flexibility index (Phi) is 4.03. The standard InChI is InChI=1S/C19H17NO3/c1-12-3-2-4-18(17(12)11-20)23-15-7-8-16-13(9-15)5-6-14(16)10-19(21)22/h2-4,7-9,14H,5-6,10H2,1H3,(H,21,22)/t14-/m0/s1. The molecule has 0 aliphatic heterocycles. The molecule has 1 N–H and O–H groups in total. The van der Waals surface area contributed by atoms with Crippen LogP contribution in [0.1, 0.15) is 41.0 Å². The van der Waals surface area contributed by atoms with Gasteiger partial charge in [-0.05, 0) is 60.6 Å². The Morgan fingerprint density at radius 2 is 2.22 bits per heavy atom. The Morgan fingerprint density at radius 3 is 2.96 bits per heavy atom. The summed E-state index contributed by atoms with van der Waals surface area (Å²) in [5.74, 6) is 0.557. The monoisotopic (exact) mass is 307 g/mol. The highest BCUT2D eigenvalue weighted by Crippen LogP contribution is 2.38. The number of carboxylic acid groups (broad SMARTS) is 1. The summed E-state index contributed by atoms with van der Waals surface area (Å²) >= 11 is 0. The van der Waals surface area contributed by atoms with Crippen LogP contribution in [-0.2, 0) is 11.2 Å². The number of rotatable bonds is 4. The lowest BCUT2D eigenvalue weighted by atomic mass is 9.98. The Hall–Kier alpha value is -2.80. The van der Waals surface area contributed by atoms with Gasteiger partial charge in [0.15, 0.2) is 0 Å². The molecule has 0 unspecified atom stereocenters. The molecule has 4 heteroatoms. The summed E-state index contributed by atoms with van der Waals surface area (Å²) in [6, 6.07) is 13.5. The van der Waals surface area contributed by atoms with E-state index in [1.165, 1.54) is 0 Å². The fraction of sp³-hybridized carbons (Fsp3) is 0.263. The van der Waals surface area contributed by atoms with Crippen LogP contribution in [0.15, 0.2) is 36.4 Å². The van der Waals surface area contributed by atoms with Crippen LogP contribution in [0, 0.1) is 18.3 Å². The van der Waals surface area contributed by atoms with Gasteiger partial charge in [-0.25, -0.2) is 0 Å². The Labute approximate surface area is 134 Å². The number of aryl methyl sites for hydroxylation is 2. The lowest BCUT2D eigenvalue weighted by Gasteiger charge is -2.12. The number of aliphatic carboxylic acids is 1. The molecule has 0 aromatic heterocycles. The number of nitrogens with zero attached hydrogens (tertiary/aromatic N) is 1. The molecule has 1 aliphatic carbocycles. The number of carboxylic acids is 1. The van der Waals surface area contributed by atoms with E-state index in [4.69, 9.17) is 9.84 Å². The predicted octanol–water partition coefficient (Wildman–Crippen LogP) is 4.16. The van der Waals surface area contributed by atoms with Crippen molar-refractivity contribution in [3.05, 3.63) is 58.7 Å². The fourth-order valence-corrected chi connectivity index (χ4v) is 3.16. The highest BCUT2D eigenvalue weighted by atomic mass is 16.5. The van der Waals surface area contributed by atoms with Crippen molar-refractivity contribution in [1.82, 2.24) is 0 Å². The zero-order chi connectivity index (χ0) is 16.4. The van der Waals surface area contributed by atoms with Gasteiger partial charge < -0.3 is 9.84 Å². The zero-order valence-electron chi connectivity index (χ0n) is 12.9. The molecule has 0 saturated carbocycles. The molecule has 0 saturated heterocycles. The van der Waals surface area contributed by atoms with E-state index in [0.717, 1.165) is 29.5 Å². The lowest BCUT2D eigenvalue weighted by molar-refractivity contribution is -0.137. The Morgan fingerprint density at radius 1 is 1.39 bits per heavy atom. The van der Waals surface area contributed by atoms with Crippen LogP contribution in [0.2, 0.25) is 0 Å². The molecule has 1 aliphatic rings. The second kappa shape index (κ2) is 6.13. The third-order valence-electron chi connectivity index (χ3n) is 4.31. The van der Waals surface area contributed by atoms with E-state index < -0.39 is 5.97 Å². The molecule has 0 bridgehead atoms. The van der Waals surface area contributed by atoms with Gasteiger partial charge in [0.2, 0.25) is 0 Å². The number of nitriles is 1. The first-order valence-electron chi connectivity index (χ1n) is 7.60. The smallest absolute Gasteiger partial charge is 0.303 e. The van der Waals surface area contributed by atoms with E-state index in [9.17, 15) is 10.1 Å². The van der Waals surface area contributed by atoms with Crippen molar-refractivity contribution in [2.75, 3.05) is 0 Å². The molecular formula is C19H17NO3. The SMILES string of the molecule is Cc1cccc(Oc2ccc3c(c2)CC[C@H]3CC(=O)O)c1C#N. The highest BCUT2D eigenvalue weighted by molar-refractivity contribution is 5.68. The van der Waals surface area contributed by atoms with Crippen molar-refractivity contribution < 1.29 is 14.6 Å². The van der Waals surface area contributed by atoms with Crippen molar-refractivity contribution in [1.29, 1.82) is 5.26 Å². The minimum atomic E-state index is -0.762. The van der Waals surface area contributed by atoms with Crippen molar-refractivity contribution in [3.63, 3.8) is 0 Å². The number of fused-ring (bicyclic) bond motifs is 1. The molecule has 23 heavy (non-hydrogen) atoms. The molecule has 0 radical (unpaired) electrons. The molecule has 2 aromatic rings. The zero-order valence-corrected chi connectivity index (χ0v) is 12.9. The van der Waals surface area contributed by atoms with E-state index in [1.54, 1.807) is 6.07 Å². The van der Waals surface area contributed by atoms with Crippen LogP contribution < -0.4 is 4.74 Å². The second-order valence-corrected chi connectivity index (χ2v) is 5.86. The van der Waals surface area contributed by atoms with E-state index >= 15 is 0 Å². The number of ether oxygens (including phenoxy) is 1. The minimum Gasteiger partial charge on any atom is -0.481 e. The van der Waals surface area contributed by atoms with Crippen LogP contribution >= 0.6 is 0 Å². The first-order chi connectivity index (χ1) is 11.1. The van der Waals surface area contributed by atoms with E-state index in [0.29, 0.717) is 17.1 Å². The molecule has 1 atom stereocenters. The average molecular weight is 307 g/mol. The fourth-order valence-electron chi connectivity index (χ4n) is 3.16. The van der Waals surface area contributed by atoms with Crippen LogP contribution in [-0.4, -0.2) is 11.1 Å². The van der Waals surface area contributed by atoms with Gasteiger partial charge in [0, 0.05) is 0 Å². The maximum absolute atomic E-state index is 10.9. The topological polar surface area (TPSA) is 70.3 Å².